The Balaban J connectivity index is 2.01. The molecule has 100 valence electrons. The topological polar surface area (TPSA) is 78.4 Å². The number of amides is 2. The Labute approximate surface area is 111 Å². The first-order valence-electron chi connectivity index (χ1n) is 6.08. The summed E-state index contributed by atoms with van der Waals surface area (Å²) in [6.07, 6.45) is 2.94. The molecule has 0 unspecified atom stereocenters. The number of nitrogens with one attached hydrogen (secondary N) is 2. The van der Waals surface area contributed by atoms with E-state index >= 15 is 0 Å². The van der Waals surface area contributed by atoms with Gasteiger partial charge in [0.25, 0.3) is 0 Å². The van der Waals surface area contributed by atoms with Gasteiger partial charge in [0.05, 0.1) is 5.41 Å². The second-order valence-electron chi connectivity index (χ2n) is 4.59. The molecule has 5 nitrogen and oxygen atoms in total. The molecule has 5 heteroatoms. The van der Waals surface area contributed by atoms with Crippen LogP contribution in [0, 0.1) is 0 Å². The van der Waals surface area contributed by atoms with Gasteiger partial charge in [-0.15, -0.1) is 6.58 Å². The van der Waals surface area contributed by atoms with Crippen LogP contribution in [-0.4, -0.2) is 23.7 Å². The van der Waals surface area contributed by atoms with Crippen LogP contribution < -0.4 is 10.6 Å². The molecular formula is C14H16N2O3. The fourth-order valence-corrected chi connectivity index (χ4v) is 1.96. The smallest absolute Gasteiger partial charge is 0.319 e. The van der Waals surface area contributed by atoms with Crippen molar-refractivity contribution >= 4 is 17.7 Å². The zero-order valence-corrected chi connectivity index (χ0v) is 10.5. The Morgan fingerprint density at radius 2 is 1.95 bits per heavy atom. The lowest BCUT2D eigenvalue weighted by molar-refractivity contribution is -0.140. The summed E-state index contributed by atoms with van der Waals surface area (Å²) in [4.78, 5) is 22.6. The molecule has 1 fully saturated rings. The molecule has 3 N–H and O–H groups in total. The number of hydrogen-bond acceptors (Lipinski definition) is 2. The van der Waals surface area contributed by atoms with E-state index in [-0.39, 0.29) is 6.03 Å². The number of carboxylic acid groups (broad SMARTS) is 1. The Kier molecular flexibility index (Phi) is 3.55. The van der Waals surface area contributed by atoms with Crippen LogP contribution in [-0.2, 0) is 10.2 Å². The van der Waals surface area contributed by atoms with E-state index in [1.165, 1.54) is 0 Å². The van der Waals surface area contributed by atoms with Gasteiger partial charge in [-0.1, -0.05) is 18.2 Å². The van der Waals surface area contributed by atoms with Crippen molar-refractivity contribution in [3.63, 3.8) is 0 Å². The van der Waals surface area contributed by atoms with E-state index in [1.807, 2.05) is 0 Å². The largest absolute Gasteiger partial charge is 0.481 e. The Morgan fingerprint density at radius 3 is 2.42 bits per heavy atom. The van der Waals surface area contributed by atoms with Crippen molar-refractivity contribution in [2.45, 2.75) is 18.3 Å². The monoisotopic (exact) mass is 260 g/mol. The number of carboxylic acids is 1. The van der Waals surface area contributed by atoms with Gasteiger partial charge in [0, 0.05) is 12.2 Å². The van der Waals surface area contributed by atoms with Gasteiger partial charge in [-0.3, -0.25) is 4.79 Å². The van der Waals surface area contributed by atoms with Gasteiger partial charge in [0.1, 0.15) is 0 Å². The van der Waals surface area contributed by atoms with Gasteiger partial charge in [0.2, 0.25) is 0 Å². The number of benzene rings is 1. The zero-order valence-electron chi connectivity index (χ0n) is 10.5. The molecule has 2 amide bonds. The second kappa shape index (κ2) is 5.14. The van der Waals surface area contributed by atoms with Gasteiger partial charge in [-0.05, 0) is 30.5 Å². The predicted octanol–water partition coefficient (Wildman–Crippen LogP) is 2.11. The van der Waals surface area contributed by atoms with Crippen molar-refractivity contribution < 1.29 is 14.7 Å². The molecule has 0 atom stereocenters. The third kappa shape index (κ3) is 2.76. The van der Waals surface area contributed by atoms with Crippen LogP contribution in [0.15, 0.2) is 36.9 Å². The number of urea groups is 1. The van der Waals surface area contributed by atoms with E-state index < -0.39 is 11.4 Å². The maximum Gasteiger partial charge on any atom is 0.319 e. The van der Waals surface area contributed by atoms with E-state index in [0.717, 1.165) is 5.56 Å². The highest BCUT2D eigenvalue weighted by Crippen LogP contribution is 2.48. The summed E-state index contributed by atoms with van der Waals surface area (Å²) in [7, 11) is 0. The molecule has 19 heavy (non-hydrogen) atoms. The van der Waals surface area contributed by atoms with Crippen molar-refractivity contribution in [2.75, 3.05) is 11.9 Å². The molecule has 0 aliphatic heterocycles. The van der Waals surface area contributed by atoms with Gasteiger partial charge < -0.3 is 15.7 Å². The van der Waals surface area contributed by atoms with Gasteiger partial charge in [-0.25, -0.2) is 4.79 Å². The van der Waals surface area contributed by atoms with Crippen LogP contribution in [0.25, 0.3) is 0 Å². The third-order valence-corrected chi connectivity index (χ3v) is 3.26. The molecule has 0 saturated heterocycles. The first-order valence-corrected chi connectivity index (χ1v) is 6.08. The molecule has 0 heterocycles. The standard InChI is InChI=1S/C14H16N2O3/c1-2-9-15-13(19)16-11-5-3-10(4-6-11)14(7-8-14)12(17)18/h2-6H,1,7-9H2,(H,17,18)(H2,15,16,19). The van der Waals surface area contributed by atoms with Gasteiger partial charge in [-0.2, -0.15) is 0 Å². The van der Waals surface area contributed by atoms with E-state index in [1.54, 1.807) is 30.3 Å². The molecule has 1 aromatic rings. The number of carbonyl (C=O) groups is 2. The minimum absolute atomic E-state index is 0.313. The molecule has 1 aromatic carbocycles. The molecular weight excluding hydrogens is 244 g/mol. The Hall–Kier alpha value is -2.30. The first-order chi connectivity index (χ1) is 9.08. The van der Waals surface area contributed by atoms with E-state index in [0.29, 0.717) is 25.1 Å². The van der Waals surface area contributed by atoms with Crippen LogP contribution >= 0.6 is 0 Å². The average molecular weight is 260 g/mol. The minimum Gasteiger partial charge on any atom is -0.481 e. The number of anilines is 1. The lowest BCUT2D eigenvalue weighted by Crippen LogP contribution is -2.28. The van der Waals surface area contributed by atoms with Crippen molar-refractivity contribution in [1.82, 2.24) is 5.32 Å². The highest BCUT2D eigenvalue weighted by atomic mass is 16.4. The Bertz CT molecular complexity index is 504. The van der Waals surface area contributed by atoms with Crippen LogP contribution in [0.4, 0.5) is 10.5 Å². The highest BCUT2D eigenvalue weighted by molar-refractivity contribution is 5.89. The normalized spacial score (nSPS) is 15.4. The Morgan fingerprint density at radius 1 is 1.32 bits per heavy atom. The van der Waals surface area contributed by atoms with Crippen molar-refractivity contribution in [2.24, 2.45) is 0 Å². The van der Waals surface area contributed by atoms with Crippen LogP contribution in [0.3, 0.4) is 0 Å². The highest BCUT2D eigenvalue weighted by Gasteiger charge is 2.51. The van der Waals surface area contributed by atoms with Crippen LogP contribution in [0.2, 0.25) is 0 Å². The maximum absolute atomic E-state index is 11.4. The SMILES string of the molecule is C=CCNC(=O)Nc1ccc(C2(C(=O)O)CC2)cc1. The lowest BCUT2D eigenvalue weighted by Gasteiger charge is -2.11. The molecule has 0 bridgehead atoms. The predicted molar refractivity (Wildman–Crippen MR) is 72.2 cm³/mol. The molecule has 1 saturated carbocycles. The van der Waals surface area contributed by atoms with E-state index in [4.69, 9.17) is 0 Å². The molecule has 0 radical (unpaired) electrons. The summed E-state index contributed by atoms with van der Waals surface area (Å²) >= 11 is 0. The minimum atomic E-state index is -0.781. The van der Waals surface area contributed by atoms with Crippen molar-refractivity contribution in [1.29, 1.82) is 0 Å². The number of rotatable bonds is 5. The van der Waals surface area contributed by atoms with E-state index in [9.17, 15) is 14.7 Å². The molecule has 1 aliphatic carbocycles. The van der Waals surface area contributed by atoms with E-state index in [2.05, 4.69) is 17.2 Å². The van der Waals surface area contributed by atoms with Gasteiger partial charge >= 0.3 is 12.0 Å². The molecule has 1 aliphatic rings. The summed E-state index contributed by atoms with van der Waals surface area (Å²) < 4.78 is 0. The van der Waals surface area contributed by atoms with Gasteiger partial charge in [0.15, 0.2) is 0 Å². The summed E-state index contributed by atoms with van der Waals surface area (Å²) in [5.41, 5.74) is 0.715. The summed E-state index contributed by atoms with van der Waals surface area (Å²) in [5.74, 6) is -0.781. The molecule has 0 spiro atoms. The number of aliphatic carboxylic acids is 1. The maximum atomic E-state index is 11.4. The second-order valence-corrected chi connectivity index (χ2v) is 4.59. The number of hydrogen-bond donors (Lipinski definition) is 3. The number of carbonyl (C=O) groups excluding carboxylic acids is 1. The van der Waals surface area contributed by atoms with Crippen LogP contribution in [0.5, 0.6) is 0 Å². The quantitative estimate of drug-likeness (QED) is 0.709. The fourth-order valence-electron chi connectivity index (χ4n) is 1.96. The van der Waals surface area contributed by atoms with Crippen molar-refractivity contribution in [3.05, 3.63) is 42.5 Å². The first kappa shape index (κ1) is 13.1. The summed E-state index contributed by atoms with van der Waals surface area (Å²) in [6.45, 7) is 3.90. The van der Waals surface area contributed by atoms with Crippen molar-refractivity contribution in [3.8, 4) is 0 Å². The molecule has 2 rings (SSSR count). The lowest BCUT2D eigenvalue weighted by atomic mass is 9.96. The third-order valence-electron chi connectivity index (χ3n) is 3.26. The average Bonchev–Trinajstić information content (AvgIpc) is 3.19. The zero-order chi connectivity index (χ0) is 13.9. The molecule has 0 aromatic heterocycles. The summed E-state index contributed by atoms with van der Waals surface area (Å²) in [5, 5.41) is 14.4. The fraction of sp³-hybridized carbons (Fsp3) is 0.286. The summed E-state index contributed by atoms with van der Waals surface area (Å²) in [6, 6.07) is 6.62. The van der Waals surface area contributed by atoms with Crippen LogP contribution in [0.1, 0.15) is 18.4 Å².